The molecule has 0 radical (unpaired) electrons. The molecule has 19 heavy (non-hydrogen) atoms. The summed E-state index contributed by atoms with van der Waals surface area (Å²) >= 11 is 0. The Morgan fingerprint density at radius 3 is 2.79 bits per heavy atom. The van der Waals surface area contributed by atoms with Gasteiger partial charge >= 0.3 is 6.18 Å². The van der Waals surface area contributed by atoms with E-state index in [1.807, 2.05) is 0 Å². The van der Waals surface area contributed by atoms with Crippen LogP contribution in [0.1, 0.15) is 18.4 Å². The molecule has 104 valence electrons. The number of pyridine rings is 1. The molecule has 2 bridgehead atoms. The third-order valence-corrected chi connectivity index (χ3v) is 3.98. The summed E-state index contributed by atoms with van der Waals surface area (Å²) < 4.78 is 43.0. The van der Waals surface area contributed by atoms with Crippen molar-refractivity contribution in [3.63, 3.8) is 0 Å². The largest absolute Gasteiger partial charge is 0.476 e. The van der Waals surface area contributed by atoms with Gasteiger partial charge in [0.15, 0.2) is 0 Å². The predicted octanol–water partition coefficient (Wildman–Crippen LogP) is 2.48. The van der Waals surface area contributed by atoms with Crippen molar-refractivity contribution in [3.05, 3.63) is 23.9 Å². The molecule has 0 amide bonds. The second kappa shape index (κ2) is 4.67. The molecule has 1 saturated carbocycles. The van der Waals surface area contributed by atoms with Crippen LogP contribution in [0.2, 0.25) is 0 Å². The van der Waals surface area contributed by atoms with Gasteiger partial charge in [-0.2, -0.15) is 13.2 Å². The number of halogens is 3. The van der Waals surface area contributed by atoms with Crippen LogP contribution in [0, 0.1) is 11.8 Å². The topological polar surface area (TPSA) is 34.1 Å². The number of fused-ring (bicyclic) bond motifs is 2. The summed E-state index contributed by atoms with van der Waals surface area (Å²) in [6.07, 6.45) is -0.814. The molecule has 1 aromatic rings. The van der Waals surface area contributed by atoms with Crippen molar-refractivity contribution >= 4 is 0 Å². The number of hydrogen-bond acceptors (Lipinski definition) is 3. The predicted molar refractivity (Wildman–Crippen MR) is 62.7 cm³/mol. The van der Waals surface area contributed by atoms with Crippen LogP contribution in [0.4, 0.5) is 13.2 Å². The van der Waals surface area contributed by atoms with Gasteiger partial charge in [0.1, 0.15) is 6.61 Å². The Morgan fingerprint density at radius 1 is 1.37 bits per heavy atom. The van der Waals surface area contributed by atoms with E-state index in [2.05, 4.69) is 10.3 Å². The zero-order valence-electron chi connectivity index (χ0n) is 10.3. The highest BCUT2D eigenvalue weighted by molar-refractivity contribution is 5.23. The summed E-state index contributed by atoms with van der Waals surface area (Å²) in [5, 5.41) is 3.36. The van der Waals surface area contributed by atoms with Crippen LogP contribution in [0.5, 0.6) is 5.88 Å². The first-order valence-corrected chi connectivity index (χ1v) is 6.42. The summed E-state index contributed by atoms with van der Waals surface area (Å²) in [6, 6.07) is 2.13. The van der Waals surface area contributed by atoms with Crippen molar-refractivity contribution in [2.45, 2.75) is 25.1 Å². The van der Waals surface area contributed by atoms with Crippen molar-refractivity contribution in [1.82, 2.24) is 10.3 Å². The summed E-state index contributed by atoms with van der Waals surface area (Å²) in [5.74, 6) is 1.43. The minimum Gasteiger partial charge on any atom is -0.476 e. The number of nitrogens with zero attached hydrogens (tertiary/aromatic N) is 1. The zero-order valence-corrected chi connectivity index (χ0v) is 10.3. The van der Waals surface area contributed by atoms with Crippen LogP contribution in [-0.2, 0) is 6.18 Å². The lowest BCUT2D eigenvalue weighted by Crippen LogP contribution is -2.55. The van der Waals surface area contributed by atoms with E-state index in [0.717, 1.165) is 30.8 Å². The molecule has 2 saturated heterocycles. The highest BCUT2D eigenvalue weighted by Crippen LogP contribution is 2.39. The number of rotatable bonds is 3. The van der Waals surface area contributed by atoms with Gasteiger partial charge in [0.25, 0.3) is 0 Å². The van der Waals surface area contributed by atoms with Crippen LogP contribution >= 0.6 is 0 Å². The summed E-state index contributed by atoms with van der Waals surface area (Å²) in [6.45, 7) is 1.37. The van der Waals surface area contributed by atoms with Crippen molar-refractivity contribution in [1.29, 1.82) is 0 Å². The number of piperidine rings is 2. The lowest BCUT2D eigenvalue weighted by atomic mass is 9.68. The first kappa shape index (κ1) is 12.7. The summed E-state index contributed by atoms with van der Waals surface area (Å²) in [4.78, 5) is 3.83. The molecule has 1 N–H and O–H groups in total. The Labute approximate surface area is 109 Å². The molecule has 3 fully saturated rings. The highest BCUT2D eigenvalue weighted by Gasteiger charge is 2.40. The number of hydrogen-bond donors (Lipinski definition) is 1. The Balaban J connectivity index is 1.60. The molecule has 1 aliphatic carbocycles. The van der Waals surface area contributed by atoms with E-state index in [0.29, 0.717) is 12.5 Å². The van der Waals surface area contributed by atoms with Crippen LogP contribution in [0.3, 0.4) is 0 Å². The monoisotopic (exact) mass is 272 g/mol. The maximum absolute atomic E-state index is 12.5. The van der Waals surface area contributed by atoms with Crippen molar-refractivity contribution in [2.24, 2.45) is 11.8 Å². The lowest BCUT2D eigenvalue weighted by Gasteiger charge is -2.47. The summed E-state index contributed by atoms with van der Waals surface area (Å²) in [5.41, 5.74) is -0.724. The average Bonchev–Trinajstić information content (AvgIpc) is 2.35. The highest BCUT2D eigenvalue weighted by atomic mass is 19.4. The second-order valence-corrected chi connectivity index (χ2v) is 5.30. The maximum Gasteiger partial charge on any atom is 0.416 e. The molecular weight excluding hydrogens is 257 g/mol. The van der Waals surface area contributed by atoms with E-state index in [1.165, 1.54) is 12.8 Å². The van der Waals surface area contributed by atoms with E-state index in [9.17, 15) is 13.2 Å². The van der Waals surface area contributed by atoms with Crippen molar-refractivity contribution in [2.75, 3.05) is 13.2 Å². The van der Waals surface area contributed by atoms with E-state index < -0.39 is 11.7 Å². The Kier molecular flexibility index (Phi) is 3.12. The van der Waals surface area contributed by atoms with Crippen LogP contribution in [-0.4, -0.2) is 24.2 Å². The number of aromatic nitrogens is 1. The van der Waals surface area contributed by atoms with Gasteiger partial charge in [-0.3, -0.25) is 0 Å². The Hall–Kier alpha value is -1.30. The van der Waals surface area contributed by atoms with E-state index in [-0.39, 0.29) is 11.9 Å². The van der Waals surface area contributed by atoms with E-state index in [1.54, 1.807) is 0 Å². The van der Waals surface area contributed by atoms with Crippen LogP contribution in [0.25, 0.3) is 0 Å². The first-order valence-electron chi connectivity index (χ1n) is 6.42. The molecule has 3 nitrogen and oxygen atoms in total. The smallest absolute Gasteiger partial charge is 0.416 e. The fraction of sp³-hybridized carbons (Fsp3) is 0.615. The van der Waals surface area contributed by atoms with Crippen LogP contribution < -0.4 is 10.1 Å². The molecule has 3 aliphatic rings. The van der Waals surface area contributed by atoms with Crippen LogP contribution in [0.15, 0.2) is 18.3 Å². The fourth-order valence-corrected chi connectivity index (χ4v) is 2.80. The lowest BCUT2D eigenvalue weighted by molar-refractivity contribution is -0.137. The zero-order chi connectivity index (χ0) is 13.5. The minimum atomic E-state index is -4.36. The molecule has 4 rings (SSSR count). The first-order chi connectivity index (χ1) is 9.02. The molecule has 2 aliphatic heterocycles. The van der Waals surface area contributed by atoms with Crippen molar-refractivity contribution < 1.29 is 17.9 Å². The molecule has 3 heterocycles. The molecule has 1 aromatic heterocycles. The average molecular weight is 272 g/mol. The second-order valence-electron chi connectivity index (χ2n) is 5.30. The molecule has 1 atom stereocenters. The van der Waals surface area contributed by atoms with Gasteiger partial charge in [-0.25, -0.2) is 4.98 Å². The van der Waals surface area contributed by atoms with Gasteiger partial charge in [0, 0.05) is 18.3 Å². The third-order valence-electron chi connectivity index (χ3n) is 3.98. The molecule has 0 aromatic carbocycles. The van der Waals surface area contributed by atoms with Gasteiger partial charge in [0.2, 0.25) is 5.88 Å². The quantitative estimate of drug-likeness (QED) is 0.918. The minimum absolute atomic E-state index is 0.0399. The molecule has 0 spiro atoms. The Bertz CT molecular complexity index is 455. The molecule has 1 unspecified atom stereocenters. The summed E-state index contributed by atoms with van der Waals surface area (Å²) in [7, 11) is 0. The van der Waals surface area contributed by atoms with E-state index in [4.69, 9.17) is 4.74 Å². The number of alkyl halides is 3. The number of nitrogens with one attached hydrogen (secondary N) is 1. The molecular formula is C13H15F3N2O. The van der Waals surface area contributed by atoms with Crippen molar-refractivity contribution in [3.8, 4) is 5.88 Å². The normalized spacial score (nSPS) is 29.7. The third kappa shape index (κ3) is 2.68. The van der Waals surface area contributed by atoms with Gasteiger partial charge in [0.05, 0.1) is 5.56 Å². The molecule has 6 heteroatoms. The van der Waals surface area contributed by atoms with Gasteiger partial charge in [-0.05, 0) is 37.3 Å². The number of ether oxygens (including phenoxy) is 1. The Morgan fingerprint density at radius 2 is 2.16 bits per heavy atom. The van der Waals surface area contributed by atoms with Gasteiger partial charge < -0.3 is 10.1 Å². The van der Waals surface area contributed by atoms with Gasteiger partial charge in [-0.1, -0.05) is 0 Å². The van der Waals surface area contributed by atoms with E-state index >= 15 is 0 Å². The fourth-order valence-electron chi connectivity index (χ4n) is 2.80. The van der Waals surface area contributed by atoms with Gasteiger partial charge in [-0.15, -0.1) is 0 Å². The standard InChI is InChI=1S/C13H15F3N2O/c14-13(15,16)10-1-2-17-12(5-10)19-7-11-9-3-8(4-9)6-18-11/h1-2,5,8-9,11,18H,3-4,6-7H2. The maximum atomic E-state index is 12.5. The SMILES string of the molecule is FC(F)(F)c1ccnc(OCC2NCC3CC2C3)c1.